The highest BCUT2D eigenvalue weighted by Gasteiger charge is 2.61. The first-order valence-corrected chi connectivity index (χ1v) is 13.6. The maximum absolute atomic E-state index is 14.7. The molecule has 5 unspecified atom stereocenters. The fourth-order valence-electron chi connectivity index (χ4n) is 6.33. The Balaban J connectivity index is 1.57. The molecule has 1 aliphatic carbocycles. The van der Waals surface area contributed by atoms with Crippen LogP contribution >= 0.6 is 9.24 Å². The molecule has 1 saturated heterocycles. The van der Waals surface area contributed by atoms with E-state index in [0.717, 1.165) is 33.4 Å². The molecular formula is C30H32FN4O2P. The maximum Gasteiger partial charge on any atom is 0.330 e. The first-order chi connectivity index (χ1) is 17.9. The quantitative estimate of drug-likeness (QED) is 0.528. The van der Waals surface area contributed by atoms with Crippen molar-refractivity contribution in [2.45, 2.75) is 52.4 Å². The van der Waals surface area contributed by atoms with Gasteiger partial charge in [0.2, 0.25) is 5.91 Å². The third-order valence-electron chi connectivity index (χ3n) is 8.38. The number of aliphatic imine (C=N–C) groups is 1. The Morgan fingerprint density at radius 1 is 1.11 bits per heavy atom. The minimum Gasteiger partial charge on any atom is -0.326 e. The molecule has 3 aliphatic heterocycles. The molecular weight excluding hydrogens is 498 g/mol. The second kappa shape index (κ2) is 8.34. The van der Waals surface area contributed by atoms with Crippen LogP contribution in [0, 0.1) is 18.3 Å². The van der Waals surface area contributed by atoms with Gasteiger partial charge in [0.1, 0.15) is 18.0 Å². The number of alkyl halides is 1. The number of benzene rings is 2. The highest BCUT2D eigenvalue weighted by Crippen LogP contribution is 2.56. The predicted octanol–water partition coefficient (Wildman–Crippen LogP) is 5.56. The number of carbonyl (C=O) groups is 2. The Morgan fingerprint density at radius 3 is 2.39 bits per heavy atom. The van der Waals surface area contributed by atoms with Crippen LogP contribution in [0.15, 0.2) is 76.3 Å². The molecule has 8 heteroatoms. The van der Waals surface area contributed by atoms with Gasteiger partial charge in [0.05, 0.1) is 23.2 Å². The zero-order valence-electron chi connectivity index (χ0n) is 22.2. The van der Waals surface area contributed by atoms with Gasteiger partial charge >= 0.3 is 6.03 Å². The third kappa shape index (κ3) is 3.59. The number of nitrogens with one attached hydrogen (secondary N) is 1. The van der Waals surface area contributed by atoms with Gasteiger partial charge in [-0.3, -0.25) is 19.6 Å². The Hall–Kier alpha value is -3.31. The van der Waals surface area contributed by atoms with Crippen molar-refractivity contribution in [3.63, 3.8) is 0 Å². The fourth-order valence-corrected chi connectivity index (χ4v) is 6.84. The molecule has 0 aromatic heterocycles. The third-order valence-corrected chi connectivity index (χ3v) is 9.04. The molecule has 0 saturated carbocycles. The zero-order valence-corrected chi connectivity index (χ0v) is 23.4. The monoisotopic (exact) mass is 530 g/mol. The summed E-state index contributed by atoms with van der Waals surface area (Å²) in [5, 5.41) is 4.13. The Morgan fingerprint density at radius 2 is 1.76 bits per heavy atom. The molecule has 3 heterocycles. The summed E-state index contributed by atoms with van der Waals surface area (Å²) in [6, 6.07) is 14.5. The van der Waals surface area contributed by atoms with E-state index in [0.29, 0.717) is 11.4 Å². The van der Waals surface area contributed by atoms with Gasteiger partial charge in [-0.15, -0.1) is 9.24 Å². The molecule has 196 valence electrons. The van der Waals surface area contributed by atoms with Crippen molar-refractivity contribution in [3.8, 4) is 0 Å². The fraction of sp³-hybridized carbons (Fsp3) is 0.367. The number of hydrogen-bond acceptors (Lipinski definition) is 3. The molecule has 2 aromatic rings. The summed E-state index contributed by atoms with van der Waals surface area (Å²) < 4.78 is 14.7. The van der Waals surface area contributed by atoms with Crippen molar-refractivity contribution in [1.82, 2.24) is 15.1 Å². The summed E-state index contributed by atoms with van der Waals surface area (Å²) >= 11 is 0. The van der Waals surface area contributed by atoms with E-state index >= 15 is 0 Å². The number of rotatable bonds is 3. The first kappa shape index (κ1) is 25.0. The number of halogens is 1. The van der Waals surface area contributed by atoms with Crippen LogP contribution in [0.25, 0.3) is 0 Å². The summed E-state index contributed by atoms with van der Waals surface area (Å²) in [6.07, 6.45) is 2.22. The van der Waals surface area contributed by atoms with E-state index in [1.54, 1.807) is 23.6 Å². The van der Waals surface area contributed by atoms with Crippen LogP contribution in [0.5, 0.6) is 0 Å². The molecule has 0 bridgehead atoms. The van der Waals surface area contributed by atoms with Gasteiger partial charge in [-0.25, -0.2) is 9.18 Å². The van der Waals surface area contributed by atoms with Crippen molar-refractivity contribution < 1.29 is 14.0 Å². The van der Waals surface area contributed by atoms with Crippen LogP contribution < -0.4 is 5.32 Å². The molecule has 6 nitrogen and oxygen atoms in total. The van der Waals surface area contributed by atoms with Gasteiger partial charge in [-0.2, -0.15) is 0 Å². The lowest BCUT2D eigenvalue weighted by molar-refractivity contribution is -0.122. The number of urea groups is 1. The highest BCUT2D eigenvalue weighted by molar-refractivity contribution is 7.22. The maximum atomic E-state index is 14.7. The lowest BCUT2D eigenvalue weighted by Gasteiger charge is -2.55. The van der Waals surface area contributed by atoms with Gasteiger partial charge in [-0.05, 0) is 44.1 Å². The van der Waals surface area contributed by atoms with E-state index in [4.69, 9.17) is 4.99 Å². The van der Waals surface area contributed by atoms with E-state index in [1.165, 1.54) is 0 Å². The number of amidine groups is 1. The molecule has 1 N–H and O–H groups in total. The first-order valence-electron chi connectivity index (χ1n) is 13.0. The second-order valence-electron chi connectivity index (χ2n) is 11.5. The predicted molar refractivity (Wildman–Crippen MR) is 149 cm³/mol. The average molecular weight is 531 g/mol. The van der Waals surface area contributed by atoms with Crippen LogP contribution in [0.1, 0.15) is 56.0 Å². The van der Waals surface area contributed by atoms with Gasteiger partial charge in [0.15, 0.2) is 0 Å². The molecule has 5 atom stereocenters. The van der Waals surface area contributed by atoms with Gasteiger partial charge in [0, 0.05) is 17.2 Å². The highest BCUT2D eigenvalue weighted by atomic mass is 31.0. The van der Waals surface area contributed by atoms with Crippen molar-refractivity contribution in [1.29, 1.82) is 0 Å². The molecule has 2 aromatic carbocycles. The van der Waals surface area contributed by atoms with E-state index in [-0.39, 0.29) is 36.5 Å². The Kier molecular flexibility index (Phi) is 5.49. The molecule has 3 amide bonds. The number of allylic oxidation sites excluding steroid dienone is 1. The normalized spacial score (nSPS) is 28.6. The summed E-state index contributed by atoms with van der Waals surface area (Å²) in [5.74, 6) is 0.348. The van der Waals surface area contributed by atoms with E-state index in [2.05, 4.69) is 27.6 Å². The number of amides is 3. The largest absolute Gasteiger partial charge is 0.330 e. The topological polar surface area (TPSA) is 65.0 Å². The van der Waals surface area contributed by atoms with Crippen molar-refractivity contribution in [3.05, 3.63) is 93.6 Å². The Labute approximate surface area is 224 Å². The molecule has 1 fully saturated rings. The van der Waals surface area contributed by atoms with Crippen LogP contribution in [0.4, 0.5) is 9.18 Å². The van der Waals surface area contributed by atoms with Crippen molar-refractivity contribution in [2.75, 3.05) is 6.54 Å². The Bertz CT molecular complexity index is 1450. The number of fused-ring (bicyclic) bond motifs is 2. The number of carbonyl (C=O) groups excluding carboxylic acids is 2. The smallest absolute Gasteiger partial charge is 0.326 e. The van der Waals surface area contributed by atoms with Gasteiger partial charge in [0.25, 0.3) is 0 Å². The summed E-state index contributed by atoms with van der Waals surface area (Å²) in [5.41, 5.74) is 3.00. The van der Waals surface area contributed by atoms with E-state index < -0.39 is 11.1 Å². The summed E-state index contributed by atoms with van der Waals surface area (Å²) in [4.78, 5) is 35.6. The van der Waals surface area contributed by atoms with Gasteiger partial charge in [-0.1, -0.05) is 67.1 Å². The average Bonchev–Trinajstić information content (AvgIpc) is 3.27. The molecule has 38 heavy (non-hydrogen) atoms. The van der Waals surface area contributed by atoms with Crippen LogP contribution in [-0.2, 0) is 10.5 Å². The molecule has 4 aliphatic rings. The van der Waals surface area contributed by atoms with Crippen LogP contribution in [0.2, 0.25) is 0 Å². The minimum atomic E-state index is -1.46. The minimum absolute atomic E-state index is 0.0324. The van der Waals surface area contributed by atoms with E-state index in [1.807, 2.05) is 62.4 Å². The number of hydrogen-bond donors (Lipinski definition) is 1. The number of aryl methyl sites for hydroxylation is 1. The van der Waals surface area contributed by atoms with Crippen molar-refractivity contribution in [2.24, 2.45) is 16.3 Å². The lowest BCUT2D eigenvalue weighted by atomic mass is 9.67. The van der Waals surface area contributed by atoms with Crippen LogP contribution in [0.3, 0.4) is 0 Å². The van der Waals surface area contributed by atoms with Crippen molar-refractivity contribution >= 4 is 27.0 Å². The second-order valence-corrected chi connectivity index (χ2v) is 12.2. The summed E-state index contributed by atoms with van der Waals surface area (Å²) in [7, 11) is 2.83. The molecule has 0 spiro atoms. The lowest BCUT2D eigenvalue weighted by Crippen LogP contribution is -2.66. The van der Waals surface area contributed by atoms with E-state index in [9.17, 15) is 14.0 Å². The zero-order chi connectivity index (χ0) is 27.1. The molecule has 6 rings (SSSR count). The standard InChI is InChI=1S/C30H32FN4O2P/c1-16-6-8-19(9-7-16)27-33-24(18-10-12-20(13-11-18)29(3,4)31)26-30(5)14-21(38)17(2)23-25(30)34(15-22(36)32-23)28(37)35(26)27/h6-14,17,24,26H,15,38H2,1-5H3,(H,32,36). The number of nitrogens with zero attached hydrogens (tertiary/aromatic N) is 3. The summed E-state index contributed by atoms with van der Waals surface area (Å²) in [6.45, 7) is 9.25. The van der Waals surface area contributed by atoms with Gasteiger partial charge < -0.3 is 5.32 Å². The SMILES string of the molecule is Cc1ccc(C2=NC(c3ccc(C(C)(C)F)cc3)C3N2C(=O)N2CC(=O)NC4=C2C3(C)C=C(P)C4C)cc1. The molecule has 0 radical (unpaired) electrons. The van der Waals surface area contributed by atoms with Crippen LogP contribution in [-0.4, -0.2) is 40.2 Å².